The molecule has 0 amide bonds. The maximum absolute atomic E-state index is 12.2. The molecule has 0 aliphatic heterocycles. The summed E-state index contributed by atoms with van der Waals surface area (Å²) < 4.78 is 12.2. The quantitative estimate of drug-likeness (QED) is 0.609. The van der Waals surface area contributed by atoms with Gasteiger partial charge in [0.1, 0.15) is 7.80 Å². The SMILES string of the molecule is Nc1cccc([P](=O)c2cccc(N)c2)c1. The van der Waals surface area contributed by atoms with Crippen LogP contribution in [0.1, 0.15) is 0 Å². The first-order valence-corrected chi connectivity index (χ1v) is 6.11. The molecule has 2 aromatic carbocycles. The standard InChI is InChI=1S/C12H12N2OP/c13-9-3-1-5-11(7-9)16(15)12-6-2-4-10(14)8-12/h1-8H,13-14H2. The highest BCUT2D eigenvalue weighted by Crippen LogP contribution is 2.21. The minimum Gasteiger partial charge on any atom is -0.399 e. The zero-order chi connectivity index (χ0) is 11.5. The van der Waals surface area contributed by atoms with Gasteiger partial charge < -0.3 is 11.5 Å². The monoisotopic (exact) mass is 231 g/mol. The first-order chi connectivity index (χ1) is 7.66. The van der Waals surface area contributed by atoms with Gasteiger partial charge in [-0.05, 0) is 36.4 Å². The number of anilines is 2. The van der Waals surface area contributed by atoms with Crippen LogP contribution in [0.3, 0.4) is 0 Å². The molecule has 0 spiro atoms. The molecule has 81 valence electrons. The van der Waals surface area contributed by atoms with E-state index in [-0.39, 0.29) is 0 Å². The molecule has 2 rings (SSSR count). The predicted molar refractivity (Wildman–Crippen MR) is 68.6 cm³/mol. The van der Waals surface area contributed by atoms with Crippen molar-refractivity contribution in [3.63, 3.8) is 0 Å². The number of nitrogens with two attached hydrogens (primary N) is 2. The molecule has 0 fully saturated rings. The van der Waals surface area contributed by atoms with Crippen LogP contribution in [0, 0.1) is 0 Å². The van der Waals surface area contributed by atoms with Gasteiger partial charge in [-0.25, -0.2) is 0 Å². The molecule has 0 saturated heterocycles. The highest BCUT2D eigenvalue weighted by Gasteiger charge is 2.07. The summed E-state index contributed by atoms with van der Waals surface area (Å²) in [6, 6.07) is 14.2. The smallest absolute Gasteiger partial charge is 0.136 e. The van der Waals surface area contributed by atoms with Gasteiger partial charge in [0, 0.05) is 22.0 Å². The first kappa shape index (κ1) is 10.7. The zero-order valence-corrected chi connectivity index (χ0v) is 9.52. The second kappa shape index (κ2) is 4.33. The lowest BCUT2D eigenvalue weighted by Crippen LogP contribution is -2.07. The molecule has 0 bridgehead atoms. The predicted octanol–water partition coefficient (Wildman–Crippen LogP) is 1.63. The van der Waals surface area contributed by atoms with E-state index in [9.17, 15) is 4.57 Å². The summed E-state index contributed by atoms with van der Waals surface area (Å²) in [5.74, 6) is 0. The number of rotatable bonds is 2. The lowest BCUT2D eigenvalue weighted by atomic mass is 10.3. The minimum absolute atomic E-state index is 0.616. The summed E-state index contributed by atoms with van der Waals surface area (Å²) in [6.45, 7) is 0. The average molecular weight is 231 g/mol. The molecular formula is C12H12N2OP. The Morgan fingerprint density at radius 2 is 1.25 bits per heavy atom. The molecule has 0 aliphatic rings. The van der Waals surface area contributed by atoms with Crippen LogP contribution >= 0.6 is 7.80 Å². The highest BCUT2D eigenvalue weighted by molar-refractivity contribution is 7.61. The average Bonchev–Trinajstić information content (AvgIpc) is 2.28. The van der Waals surface area contributed by atoms with E-state index < -0.39 is 7.80 Å². The fourth-order valence-electron chi connectivity index (χ4n) is 1.45. The fourth-order valence-corrected chi connectivity index (χ4v) is 2.73. The Bertz CT molecular complexity index is 493. The van der Waals surface area contributed by atoms with Crippen molar-refractivity contribution < 1.29 is 4.57 Å². The van der Waals surface area contributed by atoms with Crippen molar-refractivity contribution in [3.05, 3.63) is 48.5 Å². The lowest BCUT2D eigenvalue weighted by molar-refractivity contribution is 0.598. The van der Waals surface area contributed by atoms with Gasteiger partial charge >= 0.3 is 0 Å². The van der Waals surface area contributed by atoms with E-state index in [1.807, 2.05) is 0 Å². The molecule has 1 radical (unpaired) electrons. The van der Waals surface area contributed by atoms with Gasteiger partial charge in [-0.1, -0.05) is 12.1 Å². The second-order valence-electron chi connectivity index (χ2n) is 3.48. The van der Waals surface area contributed by atoms with E-state index in [1.54, 1.807) is 48.5 Å². The van der Waals surface area contributed by atoms with Crippen LogP contribution in [0.4, 0.5) is 11.4 Å². The molecule has 0 saturated carbocycles. The number of hydrogen-bond donors (Lipinski definition) is 2. The topological polar surface area (TPSA) is 69.1 Å². The summed E-state index contributed by atoms with van der Waals surface area (Å²) in [7, 11) is -1.61. The maximum atomic E-state index is 12.2. The Morgan fingerprint density at radius 1 is 0.812 bits per heavy atom. The minimum atomic E-state index is -1.61. The van der Waals surface area contributed by atoms with Gasteiger partial charge in [-0.3, -0.25) is 4.57 Å². The summed E-state index contributed by atoms with van der Waals surface area (Å²) in [5.41, 5.74) is 12.5. The fraction of sp³-hybridized carbons (Fsp3) is 0. The molecule has 3 nitrogen and oxygen atoms in total. The molecule has 16 heavy (non-hydrogen) atoms. The van der Waals surface area contributed by atoms with Gasteiger partial charge in [0.25, 0.3) is 0 Å². The summed E-state index contributed by atoms with van der Waals surface area (Å²) in [6.07, 6.45) is 0. The number of benzene rings is 2. The summed E-state index contributed by atoms with van der Waals surface area (Å²) in [5, 5.41) is 1.45. The van der Waals surface area contributed by atoms with E-state index in [0.717, 1.165) is 10.6 Å². The van der Waals surface area contributed by atoms with E-state index >= 15 is 0 Å². The van der Waals surface area contributed by atoms with E-state index in [4.69, 9.17) is 11.5 Å². The normalized spacial score (nSPS) is 10.0. The third-order valence-electron chi connectivity index (χ3n) is 2.21. The van der Waals surface area contributed by atoms with Crippen molar-refractivity contribution in [1.82, 2.24) is 0 Å². The van der Waals surface area contributed by atoms with Gasteiger partial charge in [0.15, 0.2) is 0 Å². The van der Waals surface area contributed by atoms with Crippen molar-refractivity contribution in [1.29, 1.82) is 0 Å². The number of nitrogen functional groups attached to an aromatic ring is 2. The Labute approximate surface area is 94.9 Å². The van der Waals surface area contributed by atoms with E-state index in [0.29, 0.717) is 11.4 Å². The van der Waals surface area contributed by atoms with Crippen LogP contribution in [0.25, 0.3) is 0 Å². The van der Waals surface area contributed by atoms with Gasteiger partial charge in [0.2, 0.25) is 0 Å². The molecular weight excluding hydrogens is 219 g/mol. The van der Waals surface area contributed by atoms with Crippen LogP contribution in [0.5, 0.6) is 0 Å². The maximum Gasteiger partial charge on any atom is 0.136 e. The largest absolute Gasteiger partial charge is 0.399 e. The second-order valence-corrected chi connectivity index (χ2v) is 5.11. The molecule has 0 atom stereocenters. The van der Waals surface area contributed by atoms with Crippen molar-refractivity contribution in [2.45, 2.75) is 0 Å². The Hall–Kier alpha value is -1.86. The van der Waals surface area contributed by atoms with Crippen LogP contribution in [0.15, 0.2) is 48.5 Å². The van der Waals surface area contributed by atoms with Crippen LogP contribution < -0.4 is 22.1 Å². The molecule has 2 aromatic rings. The molecule has 0 aromatic heterocycles. The molecule has 4 N–H and O–H groups in total. The molecule has 0 aliphatic carbocycles. The molecule has 4 heteroatoms. The third kappa shape index (κ3) is 2.20. The van der Waals surface area contributed by atoms with Crippen LogP contribution in [-0.2, 0) is 4.57 Å². The Kier molecular flexibility index (Phi) is 2.88. The number of hydrogen-bond acceptors (Lipinski definition) is 3. The van der Waals surface area contributed by atoms with Gasteiger partial charge in [-0.15, -0.1) is 0 Å². The summed E-state index contributed by atoms with van der Waals surface area (Å²) >= 11 is 0. The van der Waals surface area contributed by atoms with Crippen molar-refractivity contribution >= 4 is 29.8 Å². The van der Waals surface area contributed by atoms with Crippen molar-refractivity contribution in [2.24, 2.45) is 0 Å². The first-order valence-electron chi connectivity index (χ1n) is 4.85. The third-order valence-corrected chi connectivity index (χ3v) is 3.70. The van der Waals surface area contributed by atoms with Crippen LogP contribution in [0.2, 0.25) is 0 Å². The zero-order valence-electron chi connectivity index (χ0n) is 8.63. The Morgan fingerprint density at radius 3 is 1.62 bits per heavy atom. The van der Waals surface area contributed by atoms with Crippen LogP contribution in [-0.4, -0.2) is 0 Å². The lowest BCUT2D eigenvalue weighted by Gasteiger charge is -2.03. The van der Waals surface area contributed by atoms with Crippen molar-refractivity contribution in [3.8, 4) is 0 Å². The van der Waals surface area contributed by atoms with E-state index in [1.165, 1.54) is 0 Å². The summed E-state index contributed by atoms with van der Waals surface area (Å²) in [4.78, 5) is 0. The van der Waals surface area contributed by atoms with Crippen molar-refractivity contribution in [2.75, 3.05) is 11.5 Å². The van der Waals surface area contributed by atoms with E-state index in [2.05, 4.69) is 0 Å². The molecule has 0 unspecified atom stereocenters. The highest BCUT2D eigenvalue weighted by atomic mass is 31.1. The molecule has 0 heterocycles. The van der Waals surface area contributed by atoms with Gasteiger partial charge in [-0.2, -0.15) is 0 Å². The van der Waals surface area contributed by atoms with Gasteiger partial charge in [0.05, 0.1) is 0 Å². The Balaban J connectivity index is 2.39.